The average Bonchev–Trinajstić information content (AvgIpc) is 4.27. The molecule has 2 aromatic heterocycles. The van der Waals surface area contributed by atoms with Crippen molar-refractivity contribution in [3.05, 3.63) is 253 Å². The minimum Gasteiger partial charge on any atom is -0.509 e. The van der Waals surface area contributed by atoms with E-state index in [-0.39, 0.29) is 37.3 Å². The fraction of sp³-hybridized carbons (Fsp3) is 0.167. The first-order valence-electron chi connectivity index (χ1n) is 27.1. The second kappa shape index (κ2) is 20.7. The summed E-state index contributed by atoms with van der Waals surface area (Å²) in [4.78, 5) is 5.07. The average molecular weight is 1220 g/mol. The molecule has 0 N–H and O–H groups in total. The van der Waals surface area contributed by atoms with E-state index in [2.05, 4.69) is 294 Å². The maximum atomic E-state index is 6.88. The maximum Gasteiger partial charge on any atom is 2.00 e. The van der Waals surface area contributed by atoms with Gasteiger partial charge >= 0.3 is 32.8 Å². The number of hydrogen-bond donors (Lipinski definition) is 0. The predicted molar refractivity (Wildman–Crippen MR) is 329 cm³/mol. The third-order valence-corrected chi connectivity index (χ3v) is 20.2. The van der Waals surface area contributed by atoms with Gasteiger partial charge in [0.2, 0.25) is 5.69 Å². The molecule has 11 aromatic rings. The monoisotopic (exact) mass is 1220 g/mol. The van der Waals surface area contributed by atoms with Crippen molar-refractivity contribution >= 4 is 79.4 Å². The summed E-state index contributed by atoms with van der Waals surface area (Å²) in [6.45, 7) is 20.5. The Kier molecular flexibility index (Phi) is 13.9. The van der Waals surface area contributed by atoms with E-state index in [9.17, 15) is 0 Å². The molecule has 1 aliphatic rings. The molecule has 1 aliphatic heterocycles. The van der Waals surface area contributed by atoms with Gasteiger partial charge in [0.05, 0.1) is 5.56 Å². The molecule has 0 bridgehead atoms. The topological polar surface area (TPSA) is 33.1 Å². The van der Waals surface area contributed by atoms with E-state index >= 15 is 0 Å². The molecule has 0 unspecified atom stereocenters. The summed E-state index contributed by atoms with van der Waals surface area (Å²) >= 11 is 0. The van der Waals surface area contributed by atoms with Crippen molar-refractivity contribution in [1.82, 2.24) is 18.7 Å². The summed E-state index contributed by atoms with van der Waals surface area (Å²) in [5, 5.41) is 7.46. The normalized spacial score (nSPS) is 12.7. The molecule has 5 nitrogen and oxygen atoms in total. The zero-order valence-electron chi connectivity index (χ0n) is 46.4. The number of aromatic nitrogens is 2. The van der Waals surface area contributed by atoms with Crippen molar-refractivity contribution in [2.75, 3.05) is 0 Å². The van der Waals surface area contributed by atoms with Crippen LogP contribution >= 0.6 is 0 Å². The number of nitrogens with zero attached hydrogens (tertiary/aromatic N) is 4. The van der Waals surface area contributed by atoms with Crippen LogP contribution in [0, 0.1) is 12.1 Å². The van der Waals surface area contributed by atoms with Gasteiger partial charge in [-0.15, -0.1) is 23.6 Å². The Balaban J connectivity index is 0.00000660. The van der Waals surface area contributed by atoms with Crippen LogP contribution in [0.15, 0.2) is 225 Å². The van der Waals surface area contributed by atoms with Crippen molar-refractivity contribution in [2.45, 2.75) is 78.6 Å². The van der Waals surface area contributed by atoms with E-state index in [1.54, 1.807) is 0 Å². The van der Waals surface area contributed by atoms with Crippen LogP contribution in [0.3, 0.4) is 0 Å². The molecule has 0 amide bonds. The Bertz CT molecular complexity index is 4010. The van der Waals surface area contributed by atoms with Crippen molar-refractivity contribution < 1.29 is 25.8 Å². The van der Waals surface area contributed by atoms with Gasteiger partial charge in [0.15, 0.2) is 8.07 Å². The van der Waals surface area contributed by atoms with Gasteiger partial charge in [-0.25, -0.2) is 4.98 Å². The molecule has 12 rings (SSSR count). The fourth-order valence-electron chi connectivity index (χ4n) is 11.3. The summed E-state index contributed by atoms with van der Waals surface area (Å²) in [5.74, 6) is 1.97. The molecular formula is C72H64N4OPtSi+2. The van der Waals surface area contributed by atoms with E-state index in [0.29, 0.717) is 11.5 Å². The van der Waals surface area contributed by atoms with E-state index in [1.807, 2.05) is 24.4 Å². The minimum absolute atomic E-state index is 0. The summed E-state index contributed by atoms with van der Waals surface area (Å²) in [7, 11) is -2.85. The molecule has 79 heavy (non-hydrogen) atoms. The number of fused-ring (bicyclic) bond motifs is 4. The Morgan fingerprint density at radius 1 is 0.481 bits per heavy atom. The predicted octanol–water partition coefficient (Wildman–Crippen LogP) is 15.4. The molecule has 0 radical (unpaired) electrons. The van der Waals surface area contributed by atoms with E-state index in [0.717, 1.165) is 55.9 Å². The van der Waals surface area contributed by atoms with Gasteiger partial charge in [-0.2, -0.15) is 12.1 Å². The molecule has 0 aliphatic carbocycles. The number of para-hydroxylation sites is 2. The van der Waals surface area contributed by atoms with Crippen LogP contribution in [0.1, 0.15) is 79.0 Å². The summed E-state index contributed by atoms with van der Waals surface area (Å²) in [6.07, 6.45) is 1.93. The Hall–Kier alpha value is -7.98. The molecule has 0 fully saturated rings. The van der Waals surface area contributed by atoms with Crippen LogP contribution in [0.25, 0.3) is 38.8 Å². The van der Waals surface area contributed by atoms with Crippen molar-refractivity contribution in [3.8, 4) is 28.4 Å². The first-order chi connectivity index (χ1) is 37.6. The Labute approximate surface area is 481 Å². The maximum absolute atomic E-state index is 6.88. The number of rotatable bonds is 10. The summed E-state index contributed by atoms with van der Waals surface area (Å²) < 4.78 is 13.4. The second-order valence-corrected chi connectivity index (χ2v) is 27.5. The molecular weight excluding hydrogens is 1160 g/mol. The SMILES string of the molecule is CC(C)(C)c1cc(-c2cccc3c2[N+](c2ccccc2)=C=[N+]3c2[c-]c(Oc3[c-]c4c(cc3)c3cc([Si](c5ccccc5)(c5ccccc5)c5ccccc5)ccc3n4-c3cc(C(C)(C)C)ccn3)ccc2)cc(C(C)(C)C)c1.[Pt+2]. The fourth-order valence-corrected chi connectivity index (χ4v) is 16.0. The largest absolute Gasteiger partial charge is 2.00 e. The van der Waals surface area contributed by atoms with Gasteiger partial charge in [-0.05, 0) is 93.5 Å². The summed E-state index contributed by atoms with van der Waals surface area (Å²) in [5.41, 5.74) is 11.8. The zero-order valence-corrected chi connectivity index (χ0v) is 49.6. The van der Waals surface area contributed by atoms with Crippen LogP contribution in [0.4, 0.5) is 22.7 Å². The van der Waals surface area contributed by atoms with Gasteiger partial charge in [0.1, 0.15) is 11.5 Å². The van der Waals surface area contributed by atoms with E-state index < -0.39 is 8.07 Å². The molecule has 3 heterocycles. The molecule has 0 spiro atoms. The van der Waals surface area contributed by atoms with Gasteiger partial charge in [-0.3, -0.25) is 0 Å². The van der Waals surface area contributed by atoms with Gasteiger partial charge < -0.3 is 9.30 Å². The van der Waals surface area contributed by atoms with Crippen LogP contribution < -0.4 is 34.6 Å². The molecule has 390 valence electrons. The number of pyridine rings is 1. The van der Waals surface area contributed by atoms with Crippen LogP contribution in [-0.4, -0.2) is 23.6 Å². The van der Waals surface area contributed by atoms with Gasteiger partial charge in [-0.1, -0.05) is 230 Å². The standard InChI is InChI=1S/C72H64N4OSi.Pt/c1-70(2,3)51-40-41-73-68(45-51)76-65-39-37-61(78(58-28-16-11-17-29-58,59-30-18-12-19-31-59)60-32-20-13-21-33-60)48-64(65)63-38-36-57(47-67(63)76)77-56-27-22-26-55(46-56)74-49-75(54-24-14-10-15-25-54)69-62(34-23-35-66(69)74)50-42-52(71(4,5)6)44-53(43-50)72(7,8)9;/h10-45,48H,1-9H3;/q;+2. The van der Waals surface area contributed by atoms with Crippen LogP contribution in [0.5, 0.6) is 11.5 Å². The molecule has 7 heteroatoms. The summed E-state index contributed by atoms with van der Waals surface area (Å²) in [6, 6.07) is 90.5. The number of benzene rings is 9. The van der Waals surface area contributed by atoms with E-state index in [4.69, 9.17) is 9.72 Å². The third kappa shape index (κ3) is 9.78. The van der Waals surface area contributed by atoms with Crippen molar-refractivity contribution in [1.29, 1.82) is 0 Å². The quantitative estimate of drug-likeness (QED) is 0.0592. The van der Waals surface area contributed by atoms with E-state index in [1.165, 1.54) is 43.0 Å². The molecule has 0 saturated carbocycles. The smallest absolute Gasteiger partial charge is 0.509 e. The van der Waals surface area contributed by atoms with Crippen LogP contribution in [0.2, 0.25) is 0 Å². The van der Waals surface area contributed by atoms with Crippen LogP contribution in [-0.2, 0) is 37.3 Å². The first-order valence-corrected chi connectivity index (χ1v) is 29.1. The Morgan fingerprint density at radius 3 is 1.65 bits per heavy atom. The molecule has 0 saturated heterocycles. The van der Waals surface area contributed by atoms with Gasteiger partial charge in [0.25, 0.3) is 5.69 Å². The number of hydrogen-bond acceptors (Lipinski definition) is 2. The van der Waals surface area contributed by atoms with Gasteiger partial charge in [0, 0.05) is 41.4 Å². The van der Waals surface area contributed by atoms with Crippen molar-refractivity contribution in [3.63, 3.8) is 0 Å². The Morgan fingerprint density at radius 2 is 1.05 bits per heavy atom. The number of ether oxygens (including phenoxy) is 1. The van der Waals surface area contributed by atoms with Crippen molar-refractivity contribution in [2.24, 2.45) is 0 Å². The first kappa shape index (κ1) is 53.0. The molecule has 0 atom stereocenters. The minimum atomic E-state index is -2.85. The molecule has 9 aromatic carbocycles. The third-order valence-electron chi connectivity index (χ3n) is 15.4. The zero-order chi connectivity index (χ0) is 54.0. The second-order valence-electron chi connectivity index (χ2n) is 23.7.